The number of thioether (sulfide) groups is 1. The third-order valence-corrected chi connectivity index (χ3v) is 4.00. The van der Waals surface area contributed by atoms with Gasteiger partial charge in [0.05, 0.1) is 6.61 Å². The number of ether oxygens (including phenoxy) is 2. The summed E-state index contributed by atoms with van der Waals surface area (Å²) in [7, 11) is 0. The first-order valence-corrected chi connectivity index (χ1v) is 9.06. The van der Waals surface area contributed by atoms with E-state index in [1.807, 2.05) is 44.2 Å². The molecule has 1 amide bonds. The molecule has 2 aromatic carbocycles. The zero-order valence-electron chi connectivity index (χ0n) is 14.5. The maximum Gasteiger partial charge on any atom is 0.283 e. The van der Waals surface area contributed by atoms with E-state index in [0.29, 0.717) is 13.2 Å². The Morgan fingerprint density at radius 3 is 2.58 bits per heavy atom. The number of hydrogen-bond donors (Lipinski definition) is 1. The van der Waals surface area contributed by atoms with Crippen LogP contribution in [0.1, 0.15) is 23.6 Å². The van der Waals surface area contributed by atoms with Crippen LogP contribution in [0.2, 0.25) is 0 Å². The van der Waals surface area contributed by atoms with Crippen LogP contribution in [0.25, 0.3) is 0 Å². The first-order valence-electron chi connectivity index (χ1n) is 7.84. The average Bonchev–Trinajstić information content (AvgIpc) is 2.56. The van der Waals surface area contributed by atoms with Crippen LogP contribution in [-0.4, -0.2) is 18.1 Å². The summed E-state index contributed by atoms with van der Waals surface area (Å²) in [5.74, 6) is 1.60. The van der Waals surface area contributed by atoms with Gasteiger partial charge in [0.15, 0.2) is 0 Å². The van der Waals surface area contributed by atoms with Gasteiger partial charge in [-0.15, -0.1) is 0 Å². The molecule has 4 nitrogen and oxygen atoms in total. The summed E-state index contributed by atoms with van der Waals surface area (Å²) in [4.78, 5) is 11.7. The maximum absolute atomic E-state index is 11.7. The van der Waals surface area contributed by atoms with Gasteiger partial charge >= 0.3 is 0 Å². The number of nitrogens with one attached hydrogen (secondary N) is 1. The van der Waals surface area contributed by atoms with Gasteiger partial charge in [0.25, 0.3) is 5.24 Å². The van der Waals surface area contributed by atoms with Crippen molar-refractivity contribution in [2.24, 2.45) is 0 Å². The number of amides is 1. The minimum atomic E-state index is -0.105. The summed E-state index contributed by atoms with van der Waals surface area (Å²) < 4.78 is 11.5. The van der Waals surface area contributed by atoms with Crippen molar-refractivity contribution >= 4 is 22.7 Å². The number of anilines is 1. The lowest BCUT2D eigenvalue weighted by Gasteiger charge is -2.15. The van der Waals surface area contributed by atoms with Gasteiger partial charge in [-0.2, -0.15) is 0 Å². The van der Waals surface area contributed by atoms with Crippen molar-refractivity contribution in [2.75, 3.05) is 18.2 Å². The number of carbonyl (C=O) groups excluding carboxylic acids is 1. The molecule has 0 heterocycles. The highest BCUT2D eigenvalue weighted by atomic mass is 32.2. The van der Waals surface area contributed by atoms with Crippen molar-refractivity contribution in [1.82, 2.24) is 0 Å². The van der Waals surface area contributed by atoms with Gasteiger partial charge in [-0.1, -0.05) is 29.5 Å². The Hall–Kier alpha value is -2.14. The lowest BCUT2D eigenvalue weighted by atomic mass is 10.1. The summed E-state index contributed by atoms with van der Waals surface area (Å²) in [6.45, 7) is 6.96. The van der Waals surface area contributed by atoms with Crippen LogP contribution in [0.4, 0.5) is 10.5 Å². The van der Waals surface area contributed by atoms with Gasteiger partial charge in [0.2, 0.25) is 0 Å². The zero-order chi connectivity index (χ0) is 17.5. The molecule has 0 saturated carbocycles. The Balaban J connectivity index is 2.21. The number of rotatable bonds is 6. The highest BCUT2D eigenvalue weighted by molar-refractivity contribution is 8.13. The van der Waals surface area contributed by atoms with Crippen LogP contribution in [0.15, 0.2) is 36.4 Å². The van der Waals surface area contributed by atoms with Crippen molar-refractivity contribution in [3.05, 3.63) is 53.1 Å². The van der Waals surface area contributed by atoms with E-state index in [2.05, 4.69) is 18.3 Å². The highest BCUT2D eigenvalue weighted by Crippen LogP contribution is 2.26. The second-order valence-corrected chi connectivity index (χ2v) is 6.21. The van der Waals surface area contributed by atoms with E-state index < -0.39 is 0 Å². The molecule has 128 valence electrons. The molecule has 0 aromatic heterocycles. The number of benzene rings is 2. The van der Waals surface area contributed by atoms with Crippen molar-refractivity contribution in [1.29, 1.82) is 0 Å². The van der Waals surface area contributed by atoms with Crippen LogP contribution < -0.4 is 14.8 Å². The van der Waals surface area contributed by atoms with Crippen LogP contribution >= 0.6 is 11.8 Å². The Kier molecular flexibility index (Phi) is 6.55. The van der Waals surface area contributed by atoms with E-state index in [1.165, 1.54) is 5.56 Å². The third-order valence-electron chi connectivity index (χ3n) is 3.52. The predicted octanol–water partition coefficient (Wildman–Crippen LogP) is 5.18. The Morgan fingerprint density at radius 1 is 1.12 bits per heavy atom. The fourth-order valence-electron chi connectivity index (χ4n) is 2.35. The van der Waals surface area contributed by atoms with E-state index in [4.69, 9.17) is 9.47 Å². The lowest BCUT2D eigenvalue weighted by Crippen LogP contribution is -2.09. The molecule has 0 fully saturated rings. The fourth-order valence-corrected chi connectivity index (χ4v) is 2.56. The van der Waals surface area contributed by atoms with Gasteiger partial charge in [0, 0.05) is 11.3 Å². The molecular weight excluding hydrogens is 322 g/mol. The van der Waals surface area contributed by atoms with Crippen LogP contribution in [0.5, 0.6) is 11.5 Å². The zero-order valence-corrected chi connectivity index (χ0v) is 15.3. The predicted molar refractivity (Wildman–Crippen MR) is 100 cm³/mol. The number of carbonyl (C=O) groups is 1. The van der Waals surface area contributed by atoms with Gasteiger partial charge in [0.1, 0.15) is 18.1 Å². The first-order chi connectivity index (χ1) is 11.5. The molecule has 24 heavy (non-hydrogen) atoms. The first kappa shape index (κ1) is 18.2. The van der Waals surface area contributed by atoms with Crippen molar-refractivity contribution in [2.45, 2.75) is 27.4 Å². The van der Waals surface area contributed by atoms with Crippen molar-refractivity contribution in [3.8, 4) is 11.5 Å². The van der Waals surface area contributed by atoms with Crippen LogP contribution in [-0.2, 0) is 6.61 Å². The molecule has 1 N–H and O–H groups in total. The summed E-state index contributed by atoms with van der Waals surface area (Å²) in [5.41, 5.74) is 3.91. The van der Waals surface area contributed by atoms with Gasteiger partial charge in [-0.3, -0.25) is 4.79 Å². The molecular formula is C19H23NO3S. The Labute approximate surface area is 147 Å². The SMILES string of the molecule is CCOc1ccc(NC(=O)SC)c(COc2ccc(C)cc2C)c1. The summed E-state index contributed by atoms with van der Waals surface area (Å²) in [5, 5.41) is 2.77. The molecule has 0 bridgehead atoms. The normalized spacial score (nSPS) is 10.3. The number of hydrogen-bond acceptors (Lipinski definition) is 4. The molecule has 0 spiro atoms. The fraction of sp³-hybridized carbons (Fsp3) is 0.316. The molecule has 2 rings (SSSR count). The minimum absolute atomic E-state index is 0.105. The summed E-state index contributed by atoms with van der Waals surface area (Å²) in [6.07, 6.45) is 1.75. The van der Waals surface area contributed by atoms with E-state index >= 15 is 0 Å². The quantitative estimate of drug-likeness (QED) is 0.784. The average molecular weight is 345 g/mol. The van der Waals surface area contributed by atoms with Crippen LogP contribution in [0, 0.1) is 13.8 Å². The topological polar surface area (TPSA) is 47.6 Å². The molecule has 2 aromatic rings. The van der Waals surface area contributed by atoms with Crippen molar-refractivity contribution in [3.63, 3.8) is 0 Å². The van der Waals surface area contributed by atoms with Gasteiger partial charge < -0.3 is 14.8 Å². The van der Waals surface area contributed by atoms with E-state index in [0.717, 1.165) is 40.1 Å². The lowest BCUT2D eigenvalue weighted by molar-refractivity contribution is 0.269. The molecule has 0 radical (unpaired) electrons. The highest BCUT2D eigenvalue weighted by Gasteiger charge is 2.10. The Bertz CT molecular complexity index is 716. The largest absolute Gasteiger partial charge is 0.494 e. The van der Waals surface area contributed by atoms with Gasteiger partial charge in [-0.05, 0) is 56.9 Å². The van der Waals surface area contributed by atoms with E-state index in [9.17, 15) is 4.79 Å². The molecule has 5 heteroatoms. The standard InChI is InChI=1S/C19H23NO3S/c1-5-22-16-7-8-17(20-19(21)24-4)15(11-16)12-23-18-9-6-13(2)10-14(18)3/h6-11H,5,12H2,1-4H3,(H,20,21). The monoisotopic (exact) mass is 345 g/mol. The van der Waals surface area contributed by atoms with E-state index in [1.54, 1.807) is 6.26 Å². The van der Waals surface area contributed by atoms with Crippen molar-refractivity contribution < 1.29 is 14.3 Å². The second-order valence-electron chi connectivity index (χ2n) is 5.43. The smallest absolute Gasteiger partial charge is 0.283 e. The number of aryl methyl sites for hydroxylation is 2. The van der Waals surface area contributed by atoms with E-state index in [-0.39, 0.29) is 5.24 Å². The molecule has 0 aliphatic rings. The molecule has 0 atom stereocenters. The minimum Gasteiger partial charge on any atom is -0.494 e. The van der Waals surface area contributed by atoms with Crippen LogP contribution in [0.3, 0.4) is 0 Å². The molecule has 0 unspecified atom stereocenters. The Morgan fingerprint density at radius 2 is 1.92 bits per heavy atom. The molecule has 0 aliphatic heterocycles. The summed E-state index contributed by atoms with van der Waals surface area (Å²) in [6, 6.07) is 11.7. The van der Waals surface area contributed by atoms with Gasteiger partial charge in [-0.25, -0.2) is 0 Å². The molecule has 0 aliphatic carbocycles. The molecule has 0 saturated heterocycles. The second kappa shape index (κ2) is 8.64. The third kappa shape index (κ3) is 4.93. The maximum atomic E-state index is 11.7. The summed E-state index contributed by atoms with van der Waals surface area (Å²) >= 11 is 1.14.